The maximum Gasteiger partial charge on any atom is -0.0544 e. The fourth-order valence-electron chi connectivity index (χ4n) is 6.37. The van der Waals surface area contributed by atoms with Gasteiger partial charge in [0, 0.05) is 0 Å². The molecular weight excluding hydrogens is 613 g/mol. The molecule has 45 heavy (non-hydrogen) atoms. The van der Waals surface area contributed by atoms with Gasteiger partial charge in [0.25, 0.3) is 0 Å². The fraction of sp³-hybridized carbons (Fsp3) is 0. The average Bonchev–Trinajstić information content (AvgIpc) is 3.51. The molecule has 0 spiro atoms. The Hall–Kier alpha value is -5.41. The third-order valence-corrected chi connectivity index (χ3v) is 11.0. The van der Waals surface area contributed by atoms with Gasteiger partial charge in [-0.1, -0.05) is 30.3 Å². The Morgan fingerprint density at radius 1 is 0.378 bits per heavy atom. The summed E-state index contributed by atoms with van der Waals surface area (Å²) in [6, 6.07) is 53.5. The molecule has 0 unspecified atom stereocenters. The van der Waals surface area contributed by atoms with Crippen molar-refractivity contribution in [3.05, 3.63) is 152 Å². The van der Waals surface area contributed by atoms with Crippen molar-refractivity contribution in [1.29, 1.82) is 0 Å². The molecule has 0 amide bonds. The molecule has 0 saturated carbocycles. The largest absolute Gasteiger partial charge is 0.0617 e. The van der Waals surface area contributed by atoms with E-state index in [9.17, 15) is 0 Å². The van der Waals surface area contributed by atoms with Crippen molar-refractivity contribution < 1.29 is 0 Å². The smallest absolute Gasteiger partial charge is 0.0544 e. The Labute approximate surface area is 266 Å². The summed E-state index contributed by atoms with van der Waals surface area (Å²) in [6.45, 7) is 0. The molecule has 0 radical (unpaired) electrons. The molecule has 9 aromatic rings. The molecule has 9 rings (SSSR count). The molecule has 2 aromatic heterocycles. The minimum Gasteiger partial charge on any atom is -0.0617 e. The number of aromatic nitrogens is 3. The first-order valence-corrected chi connectivity index (χ1v) is 16.7. The van der Waals surface area contributed by atoms with Gasteiger partial charge in [0.2, 0.25) is 0 Å². The molecule has 0 N–H and O–H groups in total. The van der Waals surface area contributed by atoms with Crippen LogP contribution < -0.4 is 0 Å². The summed E-state index contributed by atoms with van der Waals surface area (Å²) in [6.07, 6.45) is 0. The summed E-state index contributed by atoms with van der Waals surface area (Å²) in [5, 5.41) is 7.69. The van der Waals surface area contributed by atoms with E-state index in [-0.39, 0.29) is 14.5 Å². The van der Waals surface area contributed by atoms with Gasteiger partial charge >= 0.3 is 237 Å². The zero-order chi connectivity index (χ0) is 29.7. The van der Waals surface area contributed by atoms with Crippen LogP contribution in [0.4, 0.5) is 0 Å². The zero-order valence-corrected chi connectivity index (χ0v) is 25.9. The Balaban J connectivity index is 1.31. The predicted molar refractivity (Wildman–Crippen MR) is 189 cm³/mol. The van der Waals surface area contributed by atoms with E-state index in [4.69, 9.17) is 15.0 Å². The van der Waals surface area contributed by atoms with Gasteiger partial charge in [-0.25, -0.2) is 0 Å². The van der Waals surface area contributed by atoms with E-state index in [0.29, 0.717) is 17.5 Å². The first-order valence-electron chi connectivity index (χ1n) is 15.0. The zero-order valence-electron chi connectivity index (χ0n) is 24.2. The van der Waals surface area contributed by atoms with Crippen molar-refractivity contribution >= 4 is 55.3 Å². The van der Waals surface area contributed by atoms with Crippen molar-refractivity contribution in [1.82, 2.24) is 15.0 Å². The van der Waals surface area contributed by atoms with Gasteiger partial charge in [-0.2, -0.15) is 0 Å². The van der Waals surface area contributed by atoms with Crippen LogP contribution in [-0.4, -0.2) is 29.5 Å². The van der Waals surface area contributed by atoms with E-state index >= 15 is 0 Å². The third-order valence-electron chi connectivity index (χ3n) is 8.50. The molecule has 0 aliphatic carbocycles. The van der Waals surface area contributed by atoms with Crippen LogP contribution in [0, 0.1) is 0 Å². The molecule has 0 aliphatic heterocycles. The summed E-state index contributed by atoms with van der Waals surface area (Å²) < 4.78 is 2.91. The molecule has 0 saturated heterocycles. The molecule has 0 fully saturated rings. The second-order valence-corrected chi connectivity index (χ2v) is 13.4. The molecule has 0 aliphatic rings. The topological polar surface area (TPSA) is 38.7 Å². The van der Waals surface area contributed by atoms with E-state index in [2.05, 4.69) is 127 Å². The number of fused-ring (bicyclic) bond motifs is 7. The van der Waals surface area contributed by atoms with Crippen LogP contribution >= 0.6 is 0 Å². The predicted octanol–water partition coefficient (Wildman–Crippen LogP) is 10.2. The molecule has 7 aromatic carbocycles. The van der Waals surface area contributed by atoms with Crippen molar-refractivity contribution in [3.63, 3.8) is 0 Å². The molecule has 210 valence electrons. The number of rotatable bonds is 4. The van der Waals surface area contributed by atoms with Crippen molar-refractivity contribution in [2.45, 2.75) is 0 Å². The van der Waals surface area contributed by atoms with Crippen molar-refractivity contribution in [3.8, 4) is 45.3 Å². The van der Waals surface area contributed by atoms with Crippen LogP contribution in [-0.2, 0) is 0 Å². The van der Waals surface area contributed by atoms with E-state index in [1.165, 1.54) is 35.5 Å². The van der Waals surface area contributed by atoms with Gasteiger partial charge in [0.1, 0.15) is 0 Å². The van der Waals surface area contributed by atoms with Gasteiger partial charge in [-0.05, 0) is 0 Å². The minimum atomic E-state index is 0.250. The molecule has 2 heterocycles. The Bertz CT molecular complexity index is 2540. The summed E-state index contributed by atoms with van der Waals surface area (Å²) in [7, 11) is 0. The summed E-state index contributed by atoms with van der Waals surface area (Å²) in [4.78, 5) is 15.3. The monoisotopic (exact) mass is 639 g/mol. The normalized spacial score (nSPS) is 11.6. The van der Waals surface area contributed by atoms with Crippen molar-refractivity contribution in [2.24, 2.45) is 0 Å². The quantitative estimate of drug-likeness (QED) is 0.142. The second kappa shape index (κ2) is 10.6. The summed E-state index contributed by atoms with van der Waals surface area (Å²) in [5.74, 6) is 2.00. The van der Waals surface area contributed by atoms with Crippen LogP contribution in [0.25, 0.3) is 86.1 Å². The summed E-state index contributed by atoms with van der Waals surface area (Å²) >= 11 is 0.250. The standard InChI is InChI=1S/C41H25N3Se/c1-3-12-26(13-4-1)28-16-11-17-30(24-28)40-42-39(27-14-5-2-6-15-27)43-41(44-40)35-25-29-22-23-34-32-19-9-10-21-36(32)45-38(34)37(29)33-20-8-7-18-31(33)35/h1-25H. The van der Waals surface area contributed by atoms with Crippen LogP contribution in [0.3, 0.4) is 0 Å². The van der Waals surface area contributed by atoms with Crippen molar-refractivity contribution in [2.75, 3.05) is 0 Å². The SMILES string of the molecule is c1ccc(-c2cccc(-c3nc(-c4ccccc4)nc(-c4cc5ccc6c7ccccc7[se]c6c5c5ccccc45)n3)c2)cc1. The fourth-order valence-corrected chi connectivity index (χ4v) is 9.04. The number of benzene rings is 7. The second-order valence-electron chi connectivity index (χ2n) is 11.2. The maximum atomic E-state index is 5.18. The first-order chi connectivity index (χ1) is 22.3. The number of hydrogen-bond donors (Lipinski definition) is 0. The van der Waals surface area contributed by atoms with E-state index < -0.39 is 0 Å². The van der Waals surface area contributed by atoms with E-state index in [1.54, 1.807) is 0 Å². The molecule has 4 heteroatoms. The van der Waals surface area contributed by atoms with Gasteiger partial charge in [-0.15, -0.1) is 0 Å². The Morgan fingerprint density at radius 2 is 0.978 bits per heavy atom. The van der Waals surface area contributed by atoms with Crippen LogP contribution in [0.5, 0.6) is 0 Å². The van der Waals surface area contributed by atoms with Gasteiger partial charge in [0.05, 0.1) is 0 Å². The minimum absolute atomic E-state index is 0.250. The molecular formula is C41H25N3Se. The number of hydrogen-bond acceptors (Lipinski definition) is 3. The average molecular weight is 639 g/mol. The van der Waals surface area contributed by atoms with Gasteiger partial charge in [0.15, 0.2) is 0 Å². The molecule has 0 atom stereocenters. The van der Waals surface area contributed by atoms with E-state index in [0.717, 1.165) is 33.2 Å². The van der Waals surface area contributed by atoms with E-state index in [1.807, 2.05) is 24.3 Å². The van der Waals surface area contributed by atoms with Gasteiger partial charge < -0.3 is 0 Å². The number of nitrogens with zero attached hydrogens (tertiary/aromatic N) is 3. The maximum absolute atomic E-state index is 5.18. The Kier molecular flexibility index (Phi) is 6.15. The van der Waals surface area contributed by atoms with Crippen LogP contribution in [0.2, 0.25) is 0 Å². The summed E-state index contributed by atoms with van der Waals surface area (Å²) in [5.41, 5.74) is 5.23. The van der Waals surface area contributed by atoms with Crippen LogP contribution in [0.15, 0.2) is 152 Å². The third kappa shape index (κ3) is 4.46. The van der Waals surface area contributed by atoms with Crippen LogP contribution in [0.1, 0.15) is 0 Å². The Morgan fingerprint density at radius 3 is 1.78 bits per heavy atom. The van der Waals surface area contributed by atoms with Gasteiger partial charge in [-0.3, -0.25) is 0 Å². The molecule has 3 nitrogen and oxygen atoms in total. The molecule has 0 bridgehead atoms. The first kappa shape index (κ1) is 26.0.